The van der Waals surface area contributed by atoms with E-state index in [1.54, 1.807) is 0 Å². The summed E-state index contributed by atoms with van der Waals surface area (Å²) in [6.45, 7) is 3.44. The average Bonchev–Trinajstić information content (AvgIpc) is 2.26. The molecule has 0 saturated heterocycles. The van der Waals surface area contributed by atoms with Gasteiger partial charge in [0.15, 0.2) is 0 Å². The van der Waals surface area contributed by atoms with Gasteiger partial charge in [0.1, 0.15) is 0 Å². The number of aliphatic hydroxyl groups excluding tert-OH is 1. The molecular weight excluding hydrogens is 188 g/mol. The zero-order chi connectivity index (χ0) is 10.7. The number of rotatable bonds is 3. The Hall–Kier alpha value is -0.860. The monoisotopic (exact) mass is 206 g/mol. The Bertz CT molecular complexity index is 331. The van der Waals surface area contributed by atoms with Crippen LogP contribution in [0.3, 0.4) is 0 Å². The molecule has 2 nitrogen and oxygen atoms in total. The molecular formula is C13H18O2. The molecule has 1 aromatic carbocycles. The van der Waals surface area contributed by atoms with Gasteiger partial charge in [-0.25, -0.2) is 0 Å². The highest BCUT2D eigenvalue weighted by Gasteiger charge is 2.09. The number of hydrogen-bond donors (Lipinski definition) is 1. The molecule has 0 aromatic heterocycles. The molecule has 0 radical (unpaired) electrons. The zero-order valence-electron chi connectivity index (χ0n) is 9.20. The minimum Gasteiger partial charge on any atom is -0.393 e. The van der Waals surface area contributed by atoms with E-state index in [1.165, 1.54) is 16.7 Å². The van der Waals surface area contributed by atoms with Crippen molar-refractivity contribution in [2.75, 3.05) is 6.61 Å². The second-order valence-electron chi connectivity index (χ2n) is 4.29. The average molecular weight is 206 g/mol. The number of hydrogen-bond acceptors (Lipinski definition) is 2. The first kappa shape index (κ1) is 10.7. The van der Waals surface area contributed by atoms with Crippen molar-refractivity contribution in [3.63, 3.8) is 0 Å². The maximum atomic E-state index is 9.23. The highest BCUT2D eigenvalue weighted by atomic mass is 16.5. The van der Waals surface area contributed by atoms with Crippen molar-refractivity contribution in [1.29, 1.82) is 0 Å². The van der Waals surface area contributed by atoms with Crippen LogP contribution in [0.4, 0.5) is 0 Å². The second-order valence-corrected chi connectivity index (χ2v) is 4.29. The first-order chi connectivity index (χ1) is 7.25. The standard InChI is InChI=1S/C13H18O2/c1-10(14)2-3-11-4-5-13-9-15-7-6-12(13)8-11/h4-5,8,10,14H,2-3,6-7,9H2,1H3/t10-/m1/s1. The summed E-state index contributed by atoms with van der Waals surface area (Å²) in [5.74, 6) is 0. The molecule has 2 heteroatoms. The van der Waals surface area contributed by atoms with E-state index in [-0.39, 0.29) is 6.10 Å². The summed E-state index contributed by atoms with van der Waals surface area (Å²) in [6.07, 6.45) is 2.63. The fraction of sp³-hybridized carbons (Fsp3) is 0.538. The van der Waals surface area contributed by atoms with Crippen molar-refractivity contribution in [3.8, 4) is 0 Å². The van der Waals surface area contributed by atoms with Gasteiger partial charge in [-0.3, -0.25) is 0 Å². The van der Waals surface area contributed by atoms with Gasteiger partial charge < -0.3 is 9.84 Å². The van der Waals surface area contributed by atoms with E-state index in [0.717, 1.165) is 32.5 Å². The fourth-order valence-electron chi connectivity index (χ4n) is 1.95. The van der Waals surface area contributed by atoms with E-state index in [9.17, 15) is 5.11 Å². The Morgan fingerprint density at radius 1 is 1.40 bits per heavy atom. The maximum absolute atomic E-state index is 9.23. The molecule has 1 N–H and O–H groups in total. The predicted octanol–water partition coefficient (Wildman–Crippen LogP) is 2.07. The molecule has 0 amide bonds. The largest absolute Gasteiger partial charge is 0.393 e. The Kier molecular flexibility index (Phi) is 3.39. The number of benzene rings is 1. The van der Waals surface area contributed by atoms with Crippen LogP contribution in [0.15, 0.2) is 18.2 Å². The van der Waals surface area contributed by atoms with E-state index in [4.69, 9.17) is 4.74 Å². The summed E-state index contributed by atoms with van der Waals surface area (Å²) in [6, 6.07) is 6.57. The number of aliphatic hydroxyl groups is 1. The van der Waals surface area contributed by atoms with Gasteiger partial charge in [-0.1, -0.05) is 18.2 Å². The third-order valence-electron chi connectivity index (χ3n) is 2.89. The van der Waals surface area contributed by atoms with E-state index in [1.807, 2.05) is 6.92 Å². The second kappa shape index (κ2) is 4.77. The molecule has 0 aliphatic carbocycles. The number of ether oxygens (including phenoxy) is 1. The van der Waals surface area contributed by atoms with Gasteiger partial charge in [0, 0.05) is 0 Å². The lowest BCUT2D eigenvalue weighted by molar-refractivity contribution is 0.110. The van der Waals surface area contributed by atoms with Crippen LogP contribution in [0.25, 0.3) is 0 Å². The van der Waals surface area contributed by atoms with Crippen LogP contribution in [-0.4, -0.2) is 17.8 Å². The van der Waals surface area contributed by atoms with Gasteiger partial charge >= 0.3 is 0 Å². The summed E-state index contributed by atoms with van der Waals surface area (Å²) >= 11 is 0. The number of fused-ring (bicyclic) bond motifs is 1. The molecule has 0 saturated carbocycles. The van der Waals surface area contributed by atoms with Crippen molar-refractivity contribution < 1.29 is 9.84 Å². The summed E-state index contributed by atoms with van der Waals surface area (Å²) in [5, 5.41) is 9.23. The molecule has 1 aliphatic heterocycles. The first-order valence-corrected chi connectivity index (χ1v) is 5.62. The Morgan fingerprint density at radius 3 is 3.07 bits per heavy atom. The van der Waals surface area contributed by atoms with Gasteiger partial charge in [0.05, 0.1) is 19.3 Å². The van der Waals surface area contributed by atoms with Gasteiger partial charge in [-0.05, 0) is 42.9 Å². The lowest BCUT2D eigenvalue weighted by atomic mass is 9.98. The third-order valence-corrected chi connectivity index (χ3v) is 2.89. The first-order valence-electron chi connectivity index (χ1n) is 5.62. The van der Waals surface area contributed by atoms with Crippen molar-refractivity contribution >= 4 is 0 Å². The normalized spacial score (nSPS) is 17.2. The SMILES string of the molecule is C[C@@H](O)CCc1ccc2c(c1)CCOC2. The highest BCUT2D eigenvalue weighted by Crippen LogP contribution is 2.19. The summed E-state index contributed by atoms with van der Waals surface area (Å²) in [4.78, 5) is 0. The van der Waals surface area contributed by atoms with Crippen LogP contribution in [0.2, 0.25) is 0 Å². The molecule has 1 heterocycles. The molecule has 1 atom stereocenters. The van der Waals surface area contributed by atoms with Crippen LogP contribution < -0.4 is 0 Å². The van der Waals surface area contributed by atoms with E-state index >= 15 is 0 Å². The van der Waals surface area contributed by atoms with E-state index in [0.29, 0.717) is 0 Å². The van der Waals surface area contributed by atoms with Crippen molar-refractivity contribution in [2.24, 2.45) is 0 Å². The molecule has 0 bridgehead atoms. The molecule has 82 valence electrons. The van der Waals surface area contributed by atoms with Crippen LogP contribution in [0.1, 0.15) is 30.0 Å². The van der Waals surface area contributed by atoms with Gasteiger partial charge in [-0.15, -0.1) is 0 Å². The third kappa shape index (κ3) is 2.80. The van der Waals surface area contributed by atoms with Crippen LogP contribution in [-0.2, 0) is 24.2 Å². The Balaban J connectivity index is 2.07. The minimum atomic E-state index is -0.204. The quantitative estimate of drug-likeness (QED) is 0.820. The van der Waals surface area contributed by atoms with Crippen LogP contribution >= 0.6 is 0 Å². The minimum absolute atomic E-state index is 0.204. The summed E-state index contributed by atoms with van der Waals surface area (Å²) in [5.41, 5.74) is 4.07. The van der Waals surface area contributed by atoms with Gasteiger partial charge in [0.2, 0.25) is 0 Å². The van der Waals surface area contributed by atoms with Gasteiger partial charge in [0.25, 0.3) is 0 Å². The van der Waals surface area contributed by atoms with Crippen molar-refractivity contribution in [1.82, 2.24) is 0 Å². The number of aryl methyl sites for hydroxylation is 1. The molecule has 1 aromatic rings. The van der Waals surface area contributed by atoms with Crippen molar-refractivity contribution in [2.45, 2.75) is 38.9 Å². The van der Waals surface area contributed by atoms with E-state index < -0.39 is 0 Å². The molecule has 0 fully saturated rings. The smallest absolute Gasteiger partial charge is 0.0719 e. The van der Waals surface area contributed by atoms with Crippen LogP contribution in [0, 0.1) is 0 Å². The van der Waals surface area contributed by atoms with Crippen molar-refractivity contribution in [3.05, 3.63) is 34.9 Å². The Morgan fingerprint density at radius 2 is 2.27 bits per heavy atom. The highest BCUT2D eigenvalue weighted by molar-refractivity contribution is 5.33. The van der Waals surface area contributed by atoms with Gasteiger partial charge in [-0.2, -0.15) is 0 Å². The lowest BCUT2D eigenvalue weighted by Gasteiger charge is -2.17. The predicted molar refractivity (Wildman–Crippen MR) is 59.8 cm³/mol. The Labute approximate surface area is 90.9 Å². The van der Waals surface area contributed by atoms with E-state index in [2.05, 4.69) is 18.2 Å². The molecule has 0 spiro atoms. The zero-order valence-corrected chi connectivity index (χ0v) is 9.20. The summed E-state index contributed by atoms with van der Waals surface area (Å²) in [7, 11) is 0. The topological polar surface area (TPSA) is 29.5 Å². The molecule has 1 aliphatic rings. The molecule has 2 rings (SSSR count). The molecule has 15 heavy (non-hydrogen) atoms. The maximum Gasteiger partial charge on any atom is 0.0719 e. The summed E-state index contributed by atoms with van der Waals surface area (Å²) < 4.78 is 5.39. The lowest BCUT2D eigenvalue weighted by Crippen LogP contribution is -2.10. The van der Waals surface area contributed by atoms with Crippen LogP contribution in [0.5, 0.6) is 0 Å². The molecule has 0 unspecified atom stereocenters. The fourth-order valence-corrected chi connectivity index (χ4v) is 1.95.